The molecule has 1 N–H and O–H groups in total. The summed E-state index contributed by atoms with van der Waals surface area (Å²) in [6.45, 7) is 8.44. The third-order valence-corrected chi connectivity index (χ3v) is 7.19. The molecule has 1 aromatic carbocycles. The van der Waals surface area contributed by atoms with Crippen molar-refractivity contribution in [1.82, 2.24) is 29.9 Å². The quantitative estimate of drug-likeness (QED) is 0.634. The van der Waals surface area contributed by atoms with Crippen LogP contribution >= 0.6 is 11.8 Å². The monoisotopic (exact) mass is 442 g/mol. The lowest BCUT2D eigenvalue weighted by Gasteiger charge is -2.31. The van der Waals surface area contributed by atoms with Crippen molar-refractivity contribution >= 4 is 17.7 Å². The van der Waals surface area contributed by atoms with Crippen LogP contribution in [0.25, 0.3) is 5.69 Å². The van der Waals surface area contributed by atoms with Crippen LogP contribution in [0, 0.1) is 0 Å². The first kappa shape index (κ1) is 22.3. The highest BCUT2D eigenvalue weighted by Crippen LogP contribution is 2.24. The van der Waals surface area contributed by atoms with Gasteiger partial charge >= 0.3 is 0 Å². The molecule has 8 heteroatoms. The molecular weight excluding hydrogens is 408 g/mol. The minimum atomic E-state index is 0.0835. The maximum atomic E-state index is 12.6. The van der Waals surface area contributed by atoms with Crippen molar-refractivity contribution in [2.45, 2.75) is 56.8 Å². The first-order valence-electron chi connectivity index (χ1n) is 11.6. The molecule has 0 atom stereocenters. The van der Waals surface area contributed by atoms with Gasteiger partial charge in [0, 0.05) is 24.8 Å². The van der Waals surface area contributed by atoms with Crippen LogP contribution < -0.4 is 5.32 Å². The summed E-state index contributed by atoms with van der Waals surface area (Å²) in [5, 5.41) is 13.0. The van der Waals surface area contributed by atoms with Gasteiger partial charge in [0.25, 0.3) is 0 Å². The van der Waals surface area contributed by atoms with Crippen molar-refractivity contribution in [2.75, 3.05) is 38.5 Å². The number of benzene rings is 1. The lowest BCUT2D eigenvalue weighted by atomic mass is 10.1. The summed E-state index contributed by atoms with van der Waals surface area (Å²) >= 11 is 1.47. The zero-order valence-corrected chi connectivity index (χ0v) is 19.3. The van der Waals surface area contributed by atoms with Crippen LogP contribution in [0.15, 0.2) is 35.5 Å². The molecular formula is C23H34N6OS. The van der Waals surface area contributed by atoms with Crippen LogP contribution in [0.3, 0.4) is 0 Å². The van der Waals surface area contributed by atoms with E-state index in [9.17, 15) is 4.79 Å². The number of carbonyl (C=O) groups is 1. The van der Waals surface area contributed by atoms with Gasteiger partial charge in [-0.25, -0.2) is 0 Å². The van der Waals surface area contributed by atoms with E-state index >= 15 is 0 Å². The predicted octanol–water partition coefficient (Wildman–Crippen LogP) is 2.95. The average molecular weight is 443 g/mol. The Balaban J connectivity index is 1.39. The second kappa shape index (κ2) is 11.1. The zero-order chi connectivity index (χ0) is 21.5. The predicted molar refractivity (Wildman–Crippen MR) is 124 cm³/mol. The highest BCUT2D eigenvalue weighted by atomic mass is 32.2. The minimum absolute atomic E-state index is 0.0835. The molecule has 7 nitrogen and oxygen atoms in total. The van der Waals surface area contributed by atoms with Crippen molar-refractivity contribution in [2.24, 2.45) is 0 Å². The summed E-state index contributed by atoms with van der Waals surface area (Å²) in [5.41, 5.74) is 1.05. The van der Waals surface area contributed by atoms with Crippen molar-refractivity contribution in [3.05, 3.63) is 36.2 Å². The molecule has 4 rings (SSSR count). The Morgan fingerprint density at radius 2 is 1.77 bits per heavy atom. The SMILES string of the molecule is CCN1CCC(NC(=O)CSc2nnc(CN3CCCCC3)n2-c2ccccc2)CC1. The number of hydrogen-bond donors (Lipinski definition) is 1. The Morgan fingerprint density at radius 1 is 1.03 bits per heavy atom. The third-order valence-electron chi connectivity index (χ3n) is 6.26. The maximum Gasteiger partial charge on any atom is 0.230 e. The molecule has 0 aliphatic carbocycles. The van der Waals surface area contributed by atoms with Crippen molar-refractivity contribution in [3.63, 3.8) is 0 Å². The highest BCUT2D eigenvalue weighted by molar-refractivity contribution is 7.99. The number of para-hydroxylation sites is 1. The van der Waals surface area contributed by atoms with Gasteiger partial charge in [0.05, 0.1) is 12.3 Å². The molecule has 0 unspecified atom stereocenters. The Kier molecular flexibility index (Phi) is 7.99. The van der Waals surface area contributed by atoms with E-state index in [0.717, 1.165) is 68.8 Å². The summed E-state index contributed by atoms with van der Waals surface area (Å²) in [4.78, 5) is 17.5. The van der Waals surface area contributed by atoms with Crippen LogP contribution in [0.4, 0.5) is 0 Å². The lowest BCUT2D eigenvalue weighted by molar-refractivity contribution is -0.119. The average Bonchev–Trinajstić information content (AvgIpc) is 3.22. The number of hydrogen-bond acceptors (Lipinski definition) is 6. The Labute approximate surface area is 189 Å². The molecule has 0 spiro atoms. The van der Waals surface area contributed by atoms with Gasteiger partial charge in [-0.05, 0) is 57.5 Å². The van der Waals surface area contributed by atoms with E-state index in [1.165, 1.54) is 31.0 Å². The molecule has 0 radical (unpaired) electrons. The Bertz CT molecular complexity index is 828. The van der Waals surface area contributed by atoms with Crippen LogP contribution in [0.5, 0.6) is 0 Å². The smallest absolute Gasteiger partial charge is 0.230 e. The van der Waals surface area contributed by atoms with Gasteiger partial charge in [0.15, 0.2) is 11.0 Å². The fourth-order valence-corrected chi connectivity index (χ4v) is 5.23. The molecule has 1 aromatic heterocycles. The molecule has 0 saturated carbocycles. The molecule has 3 heterocycles. The zero-order valence-electron chi connectivity index (χ0n) is 18.5. The lowest BCUT2D eigenvalue weighted by Crippen LogP contribution is -2.45. The molecule has 2 fully saturated rings. The summed E-state index contributed by atoms with van der Waals surface area (Å²) in [6.07, 6.45) is 5.88. The molecule has 0 bridgehead atoms. The standard InChI is InChI=1S/C23H34N6OS/c1-2-27-15-11-19(12-16-27)24-22(30)18-31-23-26-25-21(17-28-13-7-4-8-14-28)29(23)20-9-5-3-6-10-20/h3,5-6,9-10,19H,2,4,7-8,11-18H2,1H3,(H,24,30). The topological polar surface area (TPSA) is 66.3 Å². The summed E-state index contributed by atoms with van der Waals surface area (Å²) in [7, 11) is 0. The van der Waals surface area contributed by atoms with Crippen LogP contribution in [-0.2, 0) is 11.3 Å². The fourth-order valence-electron chi connectivity index (χ4n) is 4.44. The number of nitrogens with one attached hydrogen (secondary N) is 1. The first-order valence-corrected chi connectivity index (χ1v) is 12.6. The van der Waals surface area contributed by atoms with E-state index < -0.39 is 0 Å². The number of piperidine rings is 2. The fraction of sp³-hybridized carbons (Fsp3) is 0.609. The first-order chi connectivity index (χ1) is 15.2. The van der Waals surface area contributed by atoms with E-state index in [1.54, 1.807) is 0 Å². The summed E-state index contributed by atoms with van der Waals surface area (Å²) < 4.78 is 2.12. The normalized spacial score (nSPS) is 18.9. The second-order valence-electron chi connectivity index (χ2n) is 8.47. The number of rotatable bonds is 8. The highest BCUT2D eigenvalue weighted by Gasteiger charge is 2.22. The summed E-state index contributed by atoms with van der Waals surface area (Å²) in [6, 6.07) is 10.5. The van der Waals surface area contributed by atoms with Gasteiger partial charge in [0.2, 0.25) is 5.91 Å². The Hall–Kier alpha value is -1.90. The number of nitrogens with zero attached hydrogens (tertiary/aromatic N) is 5. The van der Waals surface area contributed by atoms with E-state index in [2.05, 4.69) is 48.9 Å². The largest absolute Gasteiger partial charge is 0.353 e. The molecule has 2 aliphatic heterocycles. The molecule has 1 amide bonds. The second-order valence-corrected chi connectivity index (χ2v) is 9.41. The van der Waals surface area contributed by atoms with E-state index in [1.807, 2.05) is 18.2 Å². The van der Waals surface area contributed by atoms with Gasteiger partial charge < -0.3 is 10.2 Å². The molecule has 2 aliphatic rings. The molecule has 168 valence electrons. The van der Waals surface area contributed by atoms with Gasteiger partial charge in [-0.1, -0.05) is 43.3 Å². The molecule has 2 saturated heterocycles. The Morgan fingerprint density at radius 3 is 2.48 bits per heavy atom. The third kappa shape index (κ3) is 6.08. The van der Waals surface area contributed by atoms with E-state index in [0.29, 0.717) is 5.75 Å². The number of carbonyl (C=O) groups excluding carboxylic acids is 1. The van der Waals surface area contributed by atoms with Gasteiger partial charge in [-0.3, -0.25) is 14.3 Å². The number of thioether (sulfide) groups is 1. The number of likely N-dealkylation sites (tertiary alicyclic amines) is 2. The minimum Gasteiger partial charge on any atom is -0.353 e. The van der Waals surface area contributed by atoms with Crippen LogP contribution in [-0.4, -0.2) is 75.0 Å². The van der Waals surface area contributed by atoms with Crippen LogP contribution in [0.1, 0.15) is 44.9 Å². The summed E-state index contributed by atoms with van der Waals surface area (Å²) in [5.74, 6) is 1.39. The number of aromatic nitrogens is 3. The van der Waals surface area contributed by atoms with Crippen molar-refractivity contribution in [3.8, 4) is 5.69 Å². The van der Waals surface area contributed by atoms with Gasteiger partial charge in [-0.15, -0.1) is 10.2 Å². The van der Waals surface area contributed by atoms with Gasteiger partial charge in [-0.2, -0.15) is 0 Å². The molecule has 31 heavy (non-hydrogen) atoms. The van der Waals surface area contributed by atoms with Crippen LogP contribution in [0.2, 0.25) is 0 Å². The molecule has 2 aromatic rings. The maximum absolute atomic E-state index is 12.6. The van der Waals surface area contributed by atoms with Crippen molar-refractivity contribution in [1.29, 1.82) is 0 Å². The number of amides is 1. The van der Waals surface area contributed by atoms with E-state index in [-0.39, 0.29) is 11.9 Å². The van der Waals surface area contributed by atoms with Gasteiger partial charge in [0.1, 0.15) is 0 Å². The van der Waals surface area contributed by atoms with E-state index in [4.69, 9.17) is 0 Å². The van der Waals surface area contributed by atoms with Crippen molar-refractivity contribution < 1.29 is 4.79 Å².